The Morgan fingerprint density at radius 1 is 1.57 bits per heavy atom. The van der Waals surface area contributed by atoms with E-state index in [0.29, 0.717) is 33.0 Å². The van der Waals surface area contributed by atoms with Crippen molar-refractivity contribution in [2.45, 2.75) is 12.5 Å². The number of nitrogens with one attached hydrogen (secondary N) is 1. The van der Waals surface area contributed by atoms with Gasteiger partial charge in [0.2, 0.25) is 0 Å². The van der Waals surface area contributed by atoms with E-state index in [9.17, 15) is 9.18 Å². The SMILES string of the molecule is COCC(CCO)NC(=O)c1sc2cc(F)ccc2c1Cl. The summed E-state index contributed by atoms with van der Waals surface area (Å²) in [6.07, 6.45) is 0.386. The Balaban J connectivity index is 2.24. The van der Waals surface area contributed by atoms with Crippen LogP contribution >= 0.6 is 22.9 Å². The smallest absolute Gasteiger partial charge is 0.263 e. The van der Waals surface area contributed by atoms with Crippen LogP contribution in [0.4, 0.5) is 4.39 Å². The first-order chi connectivity index (χ1) is 10.1. The molecule has 1 heterocycles. The van der Waals surface area contributed by atoms with Crippen molar-refractivity contribution in [3.63, 3.8) is 0 Å². The molecule has 1 unspecified atom stereocenters. The normalized spacial score (nSPS) is 12.6. The van der Waals surface area contributed by atoms with Crippen molar-refractivity contribution in [3.05, 3.63) is 33.9 Å². The van der Waals surface area contributed by atoms with Gasteiger partial charge in [0.05, 0.1) is 17.7 Å². The Hall–Kier alpha value is -1.21. The first-order valence-electron chi connectivity index (χ1n) is 6.35. The fourth-order valence-electron chi connectivity index (χ4n) is 1.99. The van der Waals surface area contributed by atoms with Gasteiger partial charge in [-0.3, -0.25) is 4.79 Å². The molecule has 0 fully saturated rings. The van der Waals surface area contributed by atoms with Crippen LogP contribution < -0.4 is 5.32 Å². The minimum atomic E-state index is -0.370. The Labute approximate surface area is 130 Å². The van der Waals surface area contributed by atoms with Crippen LogP contribution in [0.3, 0.4) is 0 Å². The molecular formula is C14H15ClFNO3S. The molecule has 2 rings (SSSR count). The number of amides is 1. The average molecular weight is 332 g/mol. The largest absolute Gasteiger partial charge is 0.396 e. The molecule has 0 bridgehead atoms. The number of thiophene rings is 1. The van der Waals surface area contributed by atoms with Crippen molar-refractivity contribution in [2.24, 2.45) is 0 Å². The molecular weight excluding hydrogens is 317 g/mol. The second-order valence-corrected chi connectivity index (χ2v) is 5.95. The molecule has 1 aromatic heterocycles. The van der Waals surface area contributed by atoms with Crippen LogP contribution in [0, 0.1) is 5.82 Å². The number of methoxy groups -OCH3 is 1. The van der Waals surface area contributed by atoms with E-state index in [1.54, 1.807) is 6.07 Å². The highest BCUT2D eigenvalue weighted by Crippen LogP contribution is 2.35. The number of aliphatic hydroxyl groups is 1. The maximum atomic E-state index is 13.2. The van der Waals surface area contributed by atoms with Crippen molar-refractivity contribution < 1.29 is 19.0 Å². The fourth-order valence-corrected chi connectivity index (χ4v) is 3.44. The van der Waals surface area contributed by atoms with Crippen LogP contribution in [0.15, 0.2) is 18.2 Å². The molecule has 4 nitrogen and oxygen atoms in total. The molecule has 0 aliphatic carbocycles. The molecule has 114 valence electrons. The summed E-state index contributed by atoms with van der Waals surface area (Å²) in [6.45, 7) is 0.239. The van der Waals surface area contributed by atoms with E-state index in [-0.39, 0.29) is 24.4 Å². The lowest BCUT2D eigenvalue weighted by Gasteiger charge is -2.16. The van der Waals surface area contributed by atoms with Gasteiger partial charge in [0.25, 0.3) is 5.91 Å². The van der Waals surface area contributed by atoms with Gasteiger partial charge in [-0.15, -0.1) is 11.3 Å². The summed E-state index contributed by atoms with van der Waals surface area (Å²) in [7, 11) is 1.52. The van der Waals surface area contributed by atoms with Crippen molar-refractivity contribution >= 4 is 38.9 Å². The second-order valence-electron chi connectivity index (χ2n) is 4.52. The monoisotopic (exact) mass is 331 g/mol. The number of benzene rings is 1. The molecule has 2 aromatic rings. The Bertz CT molecular complexity index is 640. The van der Waals surface area contributed by atoms with Gasteiger partial charge in [0, 0.05) is 23.8 Å². The van der Waals surface area contributed by atoms with E-state index in [1.165, 1.54) is 19.2 Å². The zero-order valence-corrected chi connectivity index (χ0v) is 12.9. The third kappa shape index (κ3) is 3.71. The number of carbonyl (C=O) groups excluding carboxylic acids is 1. The summed E-state index contributed by atoms with van der Waals surface area (Å²) in [5, 5.41) is 12.7. The van der Waals surface area contributed by atoms with Gasteiger partial charge in [-0.2, -0.15) is 0 Å². The summed E-state index contributed by atoms with van der Waals surface area (Å²) >= 11 is 7.33. The van der Waals surface area contributed by atoms with E-state index < -0.39 is 0 Å². The van der Waals surface area contributed by atoms with Crippen molar-refractivity contribution in [3.8, 4) is 0 Å². The van der Waals surface area contributed by atoms with Gasteiger partial charge in [-0.25, -0.2) is 4.39 Å². The van der Waals surface area contributed by atoms with Gasteiger partial charge < -0.3 is 15.2 Å². The molecule has 0 saturated carbocycles. The molecule has 0 saturated heterocycles. The molecule has 21 heavy (non-hydrogen) atoms. The summed E-state index contributed by atoms with van der Waals surface area (Å²) < 4.78 is 18.8. The molecule has 1 aromatic carbocycles. The molecule has 7 heteroatoms. The molecule has 0 spiro atoms. The molecule has 2 N–H and O–H groups in total. The first-order valence-corrected chi connectivity index (χ1v) is 7.54. The van der Waals surface area contributed by atoms with Crippen molar-refractivity contribution in [1.82, 2.24) is 5.32 Å². The number of hydrogen-bond donors (Lipinski definition) is 2. The number of aliphatic hydroxyl groups excluding tert-OH is 1. The lowest BCUT2D eigenvalue weighted by molar-refractivity contribution is 0.0883. The van der Waals surface area contributed by atoms with E-state index in [1.807, 2.05) is 0 Å². The molecule has 1 atom stereocenters. The average Bonchev–Trinajstić information content (AvgIpc) is 2.76. The standard InChI is InChI=1S/C14H15ClFNO3S/c1-20-7-9(4-5-18)17-14(19)13-12(15)10-3-2-8(16)6-11(10)21-13/h2-3,6,9,18H,4-5,7H2,1H3,(H,17,19). The highest BCUT2D eigenvalue weighted by Gasteiger charge is 2.20. The van der Waals surface area contributed by atoms with Gasteiger partial charge in [0.1, 0.15) is 10.7 Å². The van der Waals surface area contributed by atoms with Gasteiger partial charge >= 0.3 is 0 Å². The number of fused-ring (bicyclic) bond motifs is 1. The number of hydrogen-bond acceptors (Lipinski definition) is 4. The van der Waals surface area contributed by atoms with Crippen LogP contribution in [0.5, 0.6) is 0 Å². The maximum Gasteiger partial charge on any atom is 0.263 e. The third-order valence-corrected chi connectivity index (χ3v) is 4.63. The third-order valence-electron chi connectivity index (χ3n) is 2.98. The second kappa shape index (κ2) is 7.17. The van der Waals surface area contributed by atoms with Crippen molar-refractivity contribution in [1.29, 1.82) is 0 Å². The molecule has 1 amide bonds. The maximum absolute atomic E-state index is 13.2. The zero-order chi connectivity index (χ0) is 15.4. The van der Waals surface area contributed by atoms with E-state index in [0.717, 1.165) is 11.3 Å². The number of halogens is 2. The summed E-state index contributed by atoms with van der Waals surface area (Å²) in [5.74, 6) is -0.720. The quantitative estimate of drug-likeness (QED) is 0.855. The lowest BCUT2D eigenvalue weighted by Crippen LogP contribution is -2.38. The Kier molecular flexibility index (Phi) is 5.52. The van der Waals surface area contributed by atoms with Crippen LogP contribution in [-0.2, 0) is 4.74 Å². The lowest BCUT2D eigenvalue weighted by atomic mass is 10.2. The number of ether oxygens (including phenoxy) is 1. The molecule has 0 aliphatic rings. The predicted molar refractivity (Wildman–Crippen MR) is 81.6 cm³/mol. The van der Waals surface area contributed by atoms with Crippen LogP contribution in [0.25, 0.3) is 10.1 Å². The van der Waals surface area contributed by atoms with Gasteiger partial charge in [-0.1, -0.05) is 11.6 Å². The minimum absolute atomic E-state index is 0.0559. The Morgan fingerprint density at radius 3 is 3.00 bits per heavy atom. The first kappa shape index (κ1) is 16.2. The van der Waals surface area contributed by atoms with Gasteiger partial charge in [0.15, 0.2) is 0 Å². The van der Waals surface area contributed by atoms with E-state index in [2.05, 4.69) is 5.32 Å². The summed E-state index contributed by atoms with van der Waals surface area (Å²) in [6, 6.07) is 3.91. The summed E-state index contributed by atoms with van der Waals surface area (Å²) in [4.78, 5) is 12.6. The number of carbonyl (C=O) groups is 1. The van der Waals surface area contributed by atoms with E-state index in [4.69, 9.17) is 21.4 Å². The molecule has 0 radical (unpaired) electrons. The highest BCUT2D eigenvalue weighted by molar-refractivity contribution is 7.21. The molecule has 0 aliphatic heterocycles. The topological polar surface area (TPSA) is 58.6 Å². The van der Waals surface area contributed by atoms with E-state index >= 15 is 0 Å². The van der Waals surface area contributed by atoms with Crippen LogP contribution in [0.1, 0.15) is 16.1 Å². The zero-order valence-electron chi connectivity index (χ0n) is 11.4. The minimum Gasteiger partial charge on any atom is -0.396 e. The Morgan fingerprint density at radius 2 is 2.33 bits per heavy atom. The van der Waals surface area contributed by atoms with Crippen LogP contribution in [0.2, 0.25) is 5.02 Å². The summed E-state index contributed by atoms with van der Waals surface area (Å²) in [5.41, 5.74) is 0. The van der Waals surface area contributed by atoms with Gasteiger partial charge in [-0.05, 0) is 24.6 Å². The predicted octanol–water partition coefficient (Wildman–Crippen LogP) is 2.82. The van der Waals surface area contributed by atoms with Crippen molar-refractivity contribution in [2.75, 3.05) is 20.3 Å². The number of rotatable bonds is 6. The van der Waals surface area contributed by atoms with Crippen LogP contribution in [-0.4, -0.2) is 37.4 Å². The highest BCUT2D eigenvalue weighted by atomic mass is 35.5. The fraction of sp³-hybridized carbons (Fsp3) is 0.357.